The molecule has 0 spiro atoms. The summed E-state index contributed by atoms with van der Waals surface area (Å²) in [5.74, 6) is 0.263. The zero-order valence-electron chi connectivity index (χ0n) is 9.32. The van der Waals surface area contributed by atoms with Gasteiger partial charge in [0.25, 0.3) is 0 Å². The number of guanidine groups is 1. The van der Waals surface area contributed by atoms with Gasteiger partial charge in [0, 0.05) is 0 Å². The van der Waals surface area contributed by atoms with Crippen LogP contribution >= 0.6 is 0 Å². The van der Waals surface area contributed by atoms with Crippen molar-refractivity contribution >= 4 is 17.4 Å². The van der Waals surface area contributed by atoms with Crippen molar-refractivity contribution < 1.29 is 4.79 Å². The molecule has 0 atom stereocenters. The molecule has 4 nitrogen and oxygen atoms in total. The van der Waals surface area contributed by atoms with Crippen LogP contribution in [0.2, 0.25) is 0 Å². The number of aryl methyl sites for hydroxylation is 1. The Morgan fingerprint density at radius 1 is 1.20 bits per heavy atom. The van der Waals surface area contributed by atoms with Crippen LogP contribution in [0.25, 0.3) is 0 Å². The highest BCUT2D eigenvalue weighted by Gasteiger charge is 1.92. The Bertz CT molecular complexity index is 351. The molecule has 0 aliphatic rings. The molecule has 82 valence electrons. The SMILES string of the molecule is CC(C)=O.Cc1ccccc1N=C(N)N. The fourth-order valence-electron chi connectivity index (χ4n) is 0.828. The van der Waals surface area contributed by atoms with Crippen molar-refractivity contribution in [2.75, 3.05) is 0 Å². The Morgan fingerprint density at radius 3 is 2.07 bits per heavy atom. The monoisotopic (exact) mass is 207 g/mol. The lowest BCUT2D eigenvalue weighted by Crippen LogP contribution is -2.21. The molecule has 0 unspecified atom stereocenters. The van der Waals surface area contributed by atoms with E-state index >= 15 is 0 Å². The molecular formula is C11H17N3O. The topological polar surface area (TPSA) is 81.5 Å². The predicted molar refractivity (Wildman–Crippen MR) is 63.0 cm³/mol. The first-order chi connectivity index (χ1) is 6.93. The molecule has 0 bridgehead atoms. The van der Waals surface area contributed by atoms with Crippen molar-refractivity contribution in [3.05, 3.63) is 29.8 Å². The molecule has 0 saturated carbocycles. The summed E-state index contributed by atoms with van der Waals surface area (Å²) in [7, 11) is 0. The summed E-state index contributed by atoms with van der Waals surface area (Å²) in [4.78, 5) is 13.4. The number of aliphatic imine (C=N–C) groups is 1. The van der Waals surface area contributed by atoms with Crippen molar-refractivity contribution in [3.63, 3.8) is 0 Å². The summed E-state index contributed by atoms with van der Waals surface area (Å²) < 4.78 is 0. The van der Waals surface area contributed by atoms with Crippen molar-refractivity contribution in [1.29, 1.82) is 0 Å². The molecular weight excluding hydrogens is 190 g/mol. The Labute approximate surface area is 90.0 Å². The lowest BCUT2D eigenvalue weighted by atomic mass is 10.2. The van der Waals surface area contributed by atoms with Crippen molar-refractivity contribution in [1.82, 2.24) is 0 Å². The van der Waals surface area contributed by atoms with Gasteiger partial charge in [-0.25, -0.2) is 4.99 Å². The van der Waals surface area contributed by atoms with Gasteiger partial charge in [-0.15, -0.1) is 0 Å². The fourth-order valence-corrected chi connectivity index (χ4v) is 0.828. The lowest BCUT2D eigenvalue weighted by molar-refractivity contribution is -0.114. The zero-order chi connectivity index (χ0) is 11.8. The van der Waals surface area contributed by atoms with E-state index in [0.717, 1.165) is 11.3 Å². The van der Waals surface area contributed by atoms with Crippen LogP contribution in [0.15, 0.2) is 29.3 Å². The zero-order valence-corrected chi connectivity index (χ0v) is 9.32. The Hall–Kier alpha value is -1.84. The van der Waals surface area contributed by atoms with Gasteiger partial charge < -0.3 is 16.3 Å². The number of carbonyl (C=O) groups excluding carboxylic acids is 1. The first kappa shape index (κ1) is 13.2. The summed E-state index contributed by atoms with van der Waals surface area (Å²) in [5, 5.41) is 0. The van der Waals surface area contributed by atoms with Gasteiger partial charge >= 0.3 is 0 Å². The summed E-state index contributed by atoms with van der Waals surface area (Å²) >= 11 is 0. The number of benzene rings is 1. The number of ketones is 1. The first-order valence-electron chi connectivity index (χ1n) is 4.56. The minimum Gasteiger partial charge on any atom is -0.370 e. The van der Waals surface area contributed by atoms with Crippen LogP contribution in [-0.2, 0) is 4.79 Å². The van der Waals surface area contributed by atoms with Gasteiger partial charge in [-0.3, -0.25) is 0 Å². The Kier molecular flexibility index (Phi) is 5.78. The molecule has 0 aliphatic carbocycles. The van der Waals surface area contributed by atoms with Crippen molar-refractivity contribution in [3.8, 4) is 0 Å². The summed E-state index contributed by atoms with van der Waals surface area (Å²) in [6.45, 7) is 5.02. The number of rotatable bonds is 1. The molecule has 0 amide bonds. The van der Waals surface area contributed by atoms with Gasteiger partial charge in [-0.1, -0.05) is 18.2 Å². The van der Waals surface area contributed by atoms with Crippen LogP contribution in [0.5, 0.6) is 0 Å². The van der Waals surface area contributed by atoms with E-state index < -0.39 is 0 Å². The second-order valence-corrected chi connectivity index (χ2v) is 3.23. The highest BCUT2D eigenvalue weighted by atomic mass is 16.1. The lowest BCUT2D eigenvalue weighted by Gasteiger charge is -1.97. The third-order valence-corrected chi connectivity index (χ3v) is 1.37. The summed E-state index contributed by atoms with van der Waals surface area (Å²) in [5.41, 5.74) is 12.3. The average molecular weight is 207 g/mol. The number of para-hydroxylation sites is 1. The summed E-state index contributed by atoms with van der Waals surface area (Å²) in [6.07, 6.45) is 0. The van der Waals surface area contributed by atoms with E-state index in [4.69, 9.17) is 11.5 Å². The van der Waals surface area contributed by atoms with E-state index in [-0.39, 0.29) is 11.7 Å². The van der Waals surface area contributed by atoms with Gasteiger partial charge in [-0.2, -0.15) is 0 Å². The van der Waals surface area contributed by atoms with E-state index in [1.165, 1.54) is 13.8 Å². The van der Waals surface area contributed by atoms with Gasteiger partial charge in [0.15, 0.2) is 5.96 Å². The van der Waals surface area contributed by atoms with Gasteiger partial charge in [-0.05, 0) is 32.4 Å². The van der Waals surface area contributed by atoms with Gasteiger partial charge in [0.05, 0.1) is 5.69 Å². The molecule has 1 rings (SSSR count). The number of hydrogen-bond acceptors (Lipinski definition) is 2. The molecule has 0 aromatic heterocycles. The Balaban J connectivity index is 0.000000423. The largest absolute Gasteiger partial charge is 0.370 e. The number of Topliss-reactive ketones (excluding diaryl/α,β-unsaturated/α-hetero) is 1. The minimum absolute atomic E-state index is 0.0966. The minimum atomic E-state index is 0.0966. The maximum absolute atomic E-state index is 9.44. The second-order valence-electron chi connectivity index (χ2n) is 3.23. The van der Waals surface area contributed by atoms with Crippen LogP contribution in [0, 0.1) is 6.92 Å². The van der Waals surface area contributed by atoms with E-state index in [2.05, 4.69) is 4.99 Å². The highest BCUT2D eigenvalue weighted by Crippen LogP contribution is 2.15. The molecule has 0 heterocycles. The maximum Gasteiger partial charge on any atom is 0.191 e. The van der Waals surface area contributed by atoms with Crippen LogP contribution in [-0.4, -0.2) is 11.7 Å². The maximum atomic E-state index is 9.44. The summed E-state index contributed by atoms with van der Waals surface area (Å²) in [6, 6.07) is 7.67. The molecule has 0 aliphatic heterocycles. The number of carbonyl (C=O) groups is 1. The smallest absolute Gasteiger partial charge is 0.191 e. The van der Waals surface area contributed by atoms with Crippen LogP contribution in [0.4, 0.5) is 5.69 Å². The van der Waals surface area contributed by atoms with Crippen LogP contribution in [0.1, 0.15) is 19.4 Å². The van der Waals surface area contributed by atoms with Crippen molar-refractivity contribution in [2.24, 2.45) is 16.5 Å². The third kappa shape index (κ3) is 7.25. The standard InChI is InChI=1S/C8H11N3.C3H6O/c1-6-4-2-3-5-7(6)11-8(9)10;1-3(2)4/h2-5H,1H3,(H4,9,10,11);1-2H3. The second kappa shape index (κ2) is 6.59. The molecule has 4 N–H and O–H groups in total. The average Bonchev–Trinajstić information content (AvgIpc) is 2.07. The fraction of sp³-hybridized carbons (Fsp3) is 0.273. The van der Waals surface area contributed by atoms with Crippen LogP contribution < -0.4 is 11.5 Å². The van der Waals surface area contributed by atoms with Crippen LogP contribution in [0.3, 0.4) is 0 Å². The van der Waals surface area contributed by atoms with E-state index in [0.29, 0.717) is 0 Å². The molecule has 0 fully saturated rings. The van der Waals surface area contributed by atoms with Gasteiger partial charge in [0.2, 0.25) is 0 Å². The Morgan fingerprint density at radius 2 is 1.67 bits per heavy atom. The van der Waals surface area contributed by atoms with Crippen molar-refractivity contribution in [2.45, 2.75) is 20.8 Å². The third-order valence-electron chi connectivity index (χ3n) is 1.37. The number of nitrogens with two attached hydrogens (primary N) is 2. The molecule has 15 heavy (non-hydrogen) atoms. The molecule has 0 saturated heterocycles. The predicted octanol–water partition coefficient (Wildman–Crippen LogP) is 1.50. The van der Waals surface area contributed by atoms with Gasteiger partial charge in [0.1, 0.15) is 5.78 Å². The molecule has 1 aromatic carbocycles. The number of hydrogen-bond donors (Lipinski definition) is 2. The van der Waals surface area contributed by atoms with E-state index in [1.54, 1.807) is 0 Å². The van der Waals surface area contributed by atoms with E-state index in [9.17, 15) is 4.79 Å². The molecule has 0 radical (unpaired) electrons. The molecule has 1 aromatic rings. The molecule has 4 heteroatoms. The van der Waals surface area contributed by atoms with E-state index in [1.807, 2.05) is 31.2 Å². The quantitative estimate of drug-likeness (QED) is 0.540. The number of nitrogens with zero attached hydrogens (tertiary/aromatic N) is 1. The highest BCUT2D eigenvalue weighted by molar-refractivity contribution is 5.79. The normalized spacial score (nSPS) is 8.47. The first-order valence-corrected chi connectivity index (χ1v) is 4.56.